The van der Waals surface area contributed by atoms with Gasteiger partial charge in [0.05, 0.1) is 5.56 Å². The van der Waals surface area contributed by atoms with Gasteiger partial charge in [-0.3, -0.25) is 4.79 Å². The van der Waals surface area contributed by atoms with E-state index in [4.69, 9.17) is 4.74 Å². The molecule has 1 fully saturated rings. The van der Waals surface area contributed by atoms with Gasteiger partial charge in [0.2, 0.25) is 0 Å². The fourth-order valence-electron chi connectivity index (χ4n) is 3.20. The Kier molecular flexibility index (Phi) is 5.30. The molecule has 3 rings (SSSR count). The van der Waals surface area contributed by atoms with Crippen molar-refractivity contribution in [2.24, 2.45) is 7.05 Å². The maximum atomic E-state index is 12.9. The second-order valence-corrected chi connectivity index (χ2v) is 6.66. The van der Waals surface area contributed by atoms with Crippen LogP contribution in [-0.4, -0.2) is 52.5 Å². The minimum absolute atomic E-state index is 0.0319. The number of hydrogen-bond acceptors (Lipinski definition) is 3. The normalized spacial score (nSPS) is 14.9. The van der Waals surface area contributed by atoms with Gasteiger partial charge in [-0.2, -0.15) is 0 Å². The molecule has 2 aromatic rings. The lowest BCUT2D eigenvalue weighted by Crippen LogP contribution is -2.38. The Morgan fingerprint density at radius 3 is 2.27 bits per heavy atom. The maximum absolute atomic E-state index is 12.9. The summed E-state index contributed by atoms with van der Waals surface area (Å²) in [7, 11) is 1.96. The predicted molar refractivity (Wildman–Crippen MR) is 99.4 cm³/mol. The first-order valence-corrected chi connectivity index (χ1v) is 8.91. The number of aryl methyl sites for hydroxylation is 1. The lowest BCUT2D eigenvalue weighted by Gasteiger charge is -2.22. The largest absolute Gasteiger partial charge is 0.415 e. The molecule has 1 saturated heterocycles. The van der Waals surface area contributed by atoms with E-state index in [1.807, 2.05) is 54.6 Å². The molecule has 6 nitrogen and oxygen atoms in total. The molecule has 1 aromatic carbocycles. The second-order valence-electron chi connectivity index (χ2n) is 6.66. The van der Waals surface area contributed by atoms with Crippen molar-refractivity contribution in [3.8, 4) is 5.75 Å². The smallest absolute Gasteiger partial charge is 0.410 e. The van der Waals surface area contributed by atoms with Crippen molar-refractivity contribution < 1.29 is 14.3 Å². The van der Waals surface area contributed by atoms with E-state index in [2.05, 4.69) is 0 Å². The van der Waals surface area contributed by atoms with E-state index in [1.165, 1.54) is 0 Å². The van der Waals surface area contributed by atoms with Crippen LogP contribution in [0.4, 0.5) is 4.79 Å². The predicted octanol–water partition coefficient (Wildman–Crippen LogP) is 2.99. The van der Waals surface area contributed by atoms with Gasteiger partial charge in [0, 0.05) is 44.6 Å². The van der Waals surface area contributed by atoms with Crippen LogP contribution in [0.3, 0.4) is 0 Å². The van der Waals surface area contributed by atoms with Crippen molar-refractivity contribution in [1.82, 2.24) is 14.4 Å². The highest BCUT2D eigenvalue weighted by Gasteiger charge is 2.25. The molecule has 6 heteroatoms. The van der Waals surface area contributed by atoms with Crippen molar-refractivity contribution >= 4 is 12.0 Å². The summed E-state index contributed by atoms with van der Waals surface area (Å²) < 4.78 is 7.43. The monoisotopic (exact) mass is 355 g/mol. The van der Waals surface area contributed by atoms with Crippen LogP contribution < -0.4 is 4.74 Å². The standard InChI is InChI=1S/C20H25N3O3/c1-15-14-18(16(2)21(15)3)19(24)22-10-7-11-23(13-12-22)20(25)26-17-8-5-4-6-9-17/h4-6,8-9,14H,7,10-13H2,1-3H3. The number of nitrogens with zero attached hydrogens (tertiary/aromatic N) is 3. The zero-order valence-corrected chi connectivity index (χ0v) is 15.6. The van der Waals surface area contributed by atoms with E-state index in [0.29, 0.717) is 31.9 Å². The van der Waals surface area contributed by atoms with Crippen molar-refractivity contribution in [2.75, 3.05) is 26.2 Å². The zero-order valence-electron chi connectivity index (χ0n) is 15.6. The van der Waals surface area contributed by atoms with E-state index in [0.717, 1.165) is 23.4 Å². The Hall–Kier alpha value is -2.76. The molecule has 26 heavy (non-hydrogen) atoms. The number of hydrogen-bond donors (Lipinski definition) is 0. The van der Waals surface area contributed by atoms with Crippen LogP contribution in [0.1, 0.15) is 28.2 Å². The molecule has 2 amide bonds. The molecule has 0 bridgehead atoms. The Morgan fingerprint density at radius 2 is 1.62 bits per heavy atom. The van der Waals surface area contributed by atoms with Crippen LogP contribution in [0.15, 0.2) is 36.4 Å². The highest BCUT2D eigenvalue weighted by Crippen LogP contribution is 2.17. The number of carbonyl (C=O) groups excluding carboxylic acids is 2. The van der Waals surface area contributed by atoms with E-state index in [-0.39, 0.29) is 12.0 Å². The fraction of sp³-hybridized carbons (Fsp3) is 0.400. The van der Waals surface area contributed by atoms with Gasteiger partial charge >= 0.3 is 6.09 Å². The van der Waals surface area contributed by atoms with Crippen molar-refractivity contribution in [2.45, 2.75) is 20.3 Å². The number of aromatic nitrogens is 1. The molecule has 0 N–H and O–H groups in total. The molecule has 138 valence electrons. The summed E-state index contributed by atoms with van der Waals surface area (Å²) in [5, 5.41) is 0. The second kappa shape index (κ2) is 7.64. The van der Waals surface area contributed by atoms with Gasteiger partial charge in [0.15, 0.2) is 0 Å². The topological polar surface area (TPSA) is 54.8 Å². The van der Waals surface area contributed by atoms with Gasteiger partial charge in [-0.1, -0.05) is 18.2 Å². The van der Waals surface area contributed by atoms with Crippen LogP contribution >= 0.6 is 0 Å². The van der Waals surface area contributed by atoms with Crippen LogP contribution in [0, 0.1) is 13.8 Å². The Labute approximate surface area is 154 Å². The van der Waals surface area contributed by atoms with E-state index in [9.17, 15) is 9.59 Å². The molecule has 1 aliphatic heterocycles. The summed E-state index contributed by atoms with van der Waals surface area (Å²) in [6.07, 6.45) is 0.373. The number of para-hydroxylation sites is 1. The third-order valence-corrected chi connectivity index (χ3v) is 5.00. The molecule has 0 aliphatic carbocycles. The average molecular weight is 355 g/mol. The summed E-state index contributed by atoms with van der Waals surface area (Å²) in [6, 6.07) is 11.0. The van der Waals surface area contributed by atoms with Crippen LogP contribution in [0.5, 0.6) is 5.75 Å². The molecule has 0 spiro atoms. The summed E-state index contributed by atoms with van der Waals surface area (Å²) in [5.41, 5.74) is 2.77. The highest BCUT2D eigenvalue weighted by molar-refractivity contribution is 5.95. The van der Waals surface area contributed by atoms with Crippen LogP contribution in [-0.2, 0) is 7.05 Å². The summed E-state index contributed by atoms with van der Waals surface area (Å²) >= 11 is 0. The van der Waals surface area contributed by atoms with E-state index >= 15 is 0 Å². The number of carbonyl (C=O) groups is 2. The minimum atomic E-state index is -0.364. The van der Waals surface area contributed by atoms with Gasteiger partial charge in [0.25, 0.3) is 5.91 Å². The van der Waals surface area contributed by atoms with Gasteiger partial charge < -0.3 is 19.1 Å². The molecule has 0 saturated carbocycles. The quantitative estimate of drug-likeness (QED) is 0.832. The molecular formula is C20H25N3O3. The first-order chi connectivity index (χ1) is 12.5. The number of amides is 2. The van der Waals surface area contributed by atoms with Gasteiger partial charge in [-0.15, -0.1) is 0 Å². The first-order valence-electron chi connectivity index (χ1n) is 8.91. The molecule has 0 unspecified atom stereocenters. The molecular weight excluding hydrogens is 330 g/mol. The van der Waals surface area contributed by atoms with Gasteiger partial charge in [0.1, 0.15) is 5.75 Å². The SMILES string of the molecule is Cc1cc(C(=O)N2CCCN(C(=O)Oc3ccccc3)CC2)c(C)n1C. The summed E-state index contributed by atoms with van der Waals surface area (Å²) in [4.78, 5) is 28.8. The molecule has 0 radical (unpaired) electrons. The lowest BCUT2D eigenvalue weighted by atomic mass is 10.2. The summed E-state index contributed by atoms with van der Waals surface area (Å²) in [5.74, 6) is 0.564. The van der Waals surface area contributed by atoms with Gasteiger partial charge in [-0.25, -0.2) is 4.79 Å². The minimum Gasteiger partial charge on any atom is -0.410 e. The first kappa shape index (κ1) is 18.0. The molecule has 1 aliphatic rings. The Balaban J connectivity index is 1.63. The Morgan fingerprint density at radius 1 is 0.962 bits per heavy atom. The third kappa shape index (κ3) is 3.74. The van der Waals surface area contributed by atoms with Gasteiger partial charge in [-0.05, 0) is 38.5 Å². The van der Waals surface area contributed by atoms with Crippen LogP contribution in [0.25, 0.3) is 0 Å². The molecule has 2 heterocycles. The fourth-order valence-corrected chi connectivity index (χ4v) is 3.20. The highest BCUT2D eigenvalue weighted by atomic mass is 16.6. The van der Waals surface area contributed by atoms with Crippen LogP contribution in [0.2, 0.25) is 0 Å². The molecule has 1 aromatic heterocycles. The summed E-state index contributed by atoms with van der Waals surface area (Å²) in [6.45, 7) is 6.16. The Bertz CT molecular complexity index is 798. The molecule has 0 atom stereocenters. The lowest BCUT2D eigenvalue weighted by molar-refractivity contribution is 0.0759. The number of benzene rings is 1. The van der Waals surface area contributed by atoms with Crippen molar-refractivity contribution in [1.29, 1.82) is 0 Å². The number of ether oxygens (including phenoxy) is 1. The van der Waals surface area contributed by atoms with Crippen molar-refractivity contribution in [3.05, 3.63) is 53.3 Å². The van der Waals surface area contributed by atoms with E-state index in [1.54, 1.807) is 17.0 Å². The zero-order chi connectivity index (χ0) is 18.7. The third-order valence-electron chi connectivity index (χ3n) is 5.00. The van der Waals surface area contributed by atoms with E-state index < -0.39 is 0 Å². The maximum Gasteiger partial charge on any atom is 0.415 e. The average Bonchev–Trinajstić information content (AvgIpc) is 2.84. The number of rotatable bonds is 2. The van der Waals surface area contributed by atoms with Crippen molar-refractivity contribution in [3.63, 3.8) is 0 Å².